The van der Waals surface area contributed by atoms with E-state index in [1.807, 2.05) is 23.1 Å². The number of allylic oxidation sites excluding steroid dienone is 3. The van der Waals surface area contributed by atoms with Crippen LogP contribution in [-0.2, 0) is 14.3 Å². The minimum Gasteiger partial charge on any atom is -0.411 e. The predicted octanol–water partition coefficient (Wildman–Crippen LogP) is 2.59. The first-order valence-electron chi connectivity index (χ1n) is 10.5. The van der Waals surface area contributed by atoms with E-state index < -0.39 is 6.09 Å². The molecule has 3 rings (SSSR count). The lowest BCUT2D eigenvalue weighted by atomic mass is 10.0. The Labute approximate surface area is 166 Å². The average Bonchev–Trinajstić information content (AvgIpc) is 3.38. The SMILES string of the molecule is CC1C=CC(OC(=O)NCCCC(=O)N2CCCC2C(=O)N2CCCC2)=CC1. The summed E-state index contributed by atoms with van der Waals surface area (Å²) in [6.07, 6.45) is 10.7. The first-order valence-corrected chi connectivity index (χ1v) is 10.5. The van der Waals surface area contributed by atoms with Crippen LogP contribution in [0.1, 0.15) is 51.9 Å². The van der Waals surface area contributed by atoms with Crippen molar-refractivity contribution in [2.75, 3.05) is 26.2 Å². The Hall–Kier alpha value is -2.31. The van der Waals surface area contributed by atoms with Crippen molar-refractivity contribution in [3.05, 3.63) is 24.0 Å². The third-order valence-electron chi connectivity index (χ3n) is 5.60. The van der Waals surface area contributed by atoms with Crippen molar-refractivity contribution in [3.63, 3.8) is 0 Å². The first-order chi connectivity index (χ1) is 13.5. The third-order valence-corrected chi connectivity index (χ3v) is 5.60. The summed E-state index contributed by atoms with van der Waals surface area (Å²) in [6.45, 7) is 4.75. The maximum atomic E-state index is 12.6. The van der Waals surface area contributed by atoms with Crippen molar-refractivity contribution in [2.45, 2.75) is 57.9 Å². The van der Waals surface area contributed by atoms with Crippen LogP contribution >= 0.6 is 0 Å². The highest BCUT2D eigenvalue weighted by molar-refractivity contribution is 5.88. The molecule has 7 nitrogen and oxygen atoms in total. The molecule has 0 aromatic rings. The molecule has 2 saturated heterocycles. The topological polar surface area (TPSA) is 79.0 Å². The van der Waals surface area contributed by atoms with Gasteiger partial charge in [-0.3, -0.25) is 9.59 Å². The minimum absolute atomic E-state index is 0.00266. The van der Waals surface area contributed by atoms with Gasteiger partial charge in [0, 0.05) is 32.6 Å². The molecule has 2 atom stereocenters. The summed E-state index contributed by atoms with van der Waals surface area (Å²) in [7, 11) is 0. The molecule has 1 aliphatic carbocycles. The van der Waals surface area contributed by atoms with Crippen LogP contribution in [0.3, 0.4) is 0 Å². The van der Waals surface area contributed by atoms with Crippen molar-refractivity contribution >= 4 is 17.9 Å². The van der Waals surface area contributed by atoms with Gasteiger partial charge in [0.25, 0.3) is 0 Å². The molecule has 0 spiro atoms. The van der Waals surface area contributed by atoms with Crippen LogP contribution in [0.5, 0.6) is 0 Å². The Balaban J connectivity index is 1.36. The summed E-state index contributed by atoms with van der Waals surface area (Å²) in [4.78, 5) is 40.7. The molecule has 3 amide bonds. The second-order valence-electron chi connectivity index (χ2n) is 7.88. The number of rotatable bonds is 6. The van der Waals surface area contributed by atoms with Crippen LogP contribution < -0.4 is 5.32 Å². The van der Waals surface area contributed by atoms with Crippen LogP contribution in [0, 0.1) is 5.92 Å². The average molecular weight is 389 g/mol. The Morgan fingerprint density at radius 1 is 1.18 bits per heavy atom. The van der Waals surface area contributed by atoms with Gasteiger partial charge in [-0.25, -0.2) is 4.79 Å². The van der Waals surface area contributed by atoms with Gasteiger partial charge in [-0.2, -0.15) is 0 Å². The van der Waals surface area contributed by atoms with Crippen LogP contribution in [0.4, 0.5) is 4.79 Å². The van der Waals surface area contributed by atoms with E-state index in [0.29, 0.717) is 37.6 Å². The number of hydrogen-bond acceptors (Lipinski definition) is 4. The number of nitrogens with zero attached hydrogens (tertiary/aromatic N) is 2. The number of ether oxygens (including phenoxy) is 1. The molecule has 28 heavy (non-hydrogen) atoms. The highest BCUT2D eigenvalue weighted by Gasteiger charge is 2.36. The predicted molar refractivity (Wildman–Crippen MR) is 105 cm³/mol. The van der Waals surface area contributed by atoms with E-state index >= 15 is 0 Å². The lowest BCUT2D eigenvalue weighted by molar-refractivity contribution is -0.143. The summed E-state index contributed by atoms with van der Waals surface area (Å²) < 4.78 is 5.23. The van der Waals surface area contributed by atoms with Crippen molar-refractivity contribution in [1.29, 1.82) is 0 Å². The van der Waals surface area contributed by atoms with Crippen molar-refractivity contribution in [2.24, 2.45) is 5.92 Å². The first kappa shape index (κ1) is 20.4. The van der Waals surface area contributed by atoms with E-state index in [1.165, 1.54) is 0 Å². The van der Waals surface area contributed by atoms with Crippen molar-refractivity contribution in [1.82, 2.24) is 15.1 Å². The van der Waals surface area contributed by atoms with E-state index in [0.717, 1.165) is 45.2 Å². The highest BCUT2D eigenvalue weighted by atomic mass is 16.6. The Kier molecular flexibility index (Phi) is 7.12. The van der Waals surface area contributed by atoms with Gasteiger partial charge < -0.3 is 19.9 Å². The fourth-order valence-corrected chi connectivity index (χ4v) is 3.97. The molecule has 2 fully saturated rings. The van der Waals surface area contributed by atoms with Gasteiger partial charge in [-0.05, 0) is 56.6 Å². The number of alkyl carbamates (subject to hydrolysis) is 1. The van der Waals surface area contributed by atoms with Crippen LogP contribution in [0.15, 0.2) is 24.0 Å². The monoisotopic (exact) mass is 389 g/mol. The molecule has 2 unspecified atom stereocenters. The zero-order chi connectivity index (χ0) is 19.9. The van der Waals surface area contributed by atoms with Gasteiger partial charge in [-0.1, -0.05) is 13.0 Å². The smallest absolute Gasteiger partial charge is 0.411 e. The zero-order valence-corrected chi connectivity index (χ0v) is 16.7. The Morgan fingerprint density at radius 3 is 2.68 bits per heavy atom. The lowest BCUT2D eigenvalue weighted by Crippen LogP contribution is -2.47. The second kappa shape index (κ2) is 9.75. The molecular weight excluding hydrogens is 358 g/mol. The fourth-order valence-electron chi connectivity index (χ4n) is 3.97. The van der Waals surface area contributed by atoms with E-state index in [9.17, 15) is 14.4 Å². The molecular formula is C21H31N3O4. The van der Waals surface area contributed by atoms with Crippen LogP contribution in [0.25, 0.3) is 0 Å². The molecule has 0 radical (unpaired) electrons. The van der Waals surface area contributed by atoms with Crippen molar-refractivity contribution < 1.29 is 19.1 Å². The summed E-state index contributed by atoms with van der Waals surface area (Å²) in [6, 6.07) is -0.295. The number of amides is 3. The minimum atomic E-state index is -0.499. The summed E-state index contributed by atoms with van der Waals surface area (Å²) >= 11 is 0. The largest absolute Gasteiger partial charge is 0.412 e. The van der Waals surface area contributed by atoms with Gasteiger partial charge in [-0.15, -0.1) is 0 Å². The van der Waals surface area contributed by atoms with E-state index in [1.54, 1.807) is 4.90 Å². The molecule has 1 N–H and O–H groups in total. The van der Waals surface area contributed by atoms with E-state index in [-0.39, 0.29) is 17.9 Å². The standard InChI is InChI=1S/C21H31N3O4/c1-16-8-10-17(11-9-16)28-21(27)22-12-4-7-19(25)24-15-5-6-18(24)20(26)23-13-2-3-14-23/h8,10-11,16,18H,2-7,9,12-15H2,1H3,(H,22,27). The van der Waals surface area contributed by atoms with Crippen molar-refractivity contribution in [3.8, 4) is 0 Å². The molecule has 0 aromatic carbocycles. The summed E-state index contributed by atoms with van der Waals surface area (Å²) in [5.41, 5.74) is 0. The zero-order valence-electron chi connectivity index (χ0n) is 16.7. The fraction of sp³-hybridized carbons (Fsp3) is 0.667. The lowest BCUT2D eigenvalue weighted by Gasteiger charge is -2.27. The molecule has 0 saturated carbocycles. The summed E-state index contributed by atoms with van der Waals surface area (Å²) in [5.74, 6) is 1.13. The molecule has 2 aliphatic heterocycles. The number of likely N-dealkylation sites (tertiary alicyclic amines) is 2. The molecule has 154 valence electrons. The Morgan fingerprint density at radius 2 is 1.96 bits per heavy atom. The van der Waals surface area contributed by atoms with Crippen LogP contribution in [0.2, 0.25) is 0 Å². The van der Waals surface area contributed by atoms with E-state index in [4.69, 9.17) is 4.74 Å². The third kappa shape index (κ3) is 5.36. The maximum Gasteiger partial charge on any atom is 0.412 e. The van der Waals surface area contributed by atoms with E-state index in [2.05, 4.69) is 12.2 Å². The molecule has 2 heterocycles. The van der Waals surface area contributed by atoms with Gasteiger partial charge >= 0.3 is 6.09 Å². The van der Waals surface area contributed by atoms with Gasteiger partial charge in [0.05, 0.1) is 0 Å². The molecule has 3 aliphatic rings. The number of hydrogen-bond donors (Lipinski definition) is 1. The molecule has 0 aromatic heterocycles. The summed E-state index contributed by atoms with van der Waals surface area (Å²) in [5, 5.41) is 2.68. The molecule has 7 heteroatoms. The van der Waals surface area contributed by atoms with Gasteiger partial charge in [0.15, 0.2) is 0 Å². The molecule has 0 bridgehead atoms. The number of carbonyl (C=O) groups is 3. The highest BCUT2D eigenvalue weighted by Crippen LogP contribution is 2.22. The maximum absolute atomic E-state index is 12.6. The normalized spacial score (nSPS) is 24.2. The van der Waals surface area contributed by atoms with Gasteiger partial charge in [0.1, 0.15) is 11.8 Å². The second-order valence-corrected chi connectivity index (χ2v) is 7.88. The number of carbonyl (C=O) groups excluding carboxylic acids is 3. The Bertz CT molecular complexity index is 652. The van der Waals surface area contributed by atoms with Crippen LogP contribution in [-0.4, -0.2) is 59.9 Å². The quantitative estimate of drug-likeness (QED) is 0.708. The number of nitrogens with one attached hydrogen (secondary N) is 1. The van der Waals surface area contributed by atoms with Gasteiger partial charge in [0.2, 0.25) is 11.8 Å².